The lowest BCUT2D eigenvalue weighted by Crippen LogP contribution is -2.15. The number of ether oxygens (including phenoxy) is 1. The number of benzene rings is 2. The van der Waals surface area contributed by atoms with Gasteiger partial charge in [0.1, 0.15) is 5.75 Å². The minimum Gasteiger partial charge on any atom is -0.497 e. The van der Waals surface area contributed by atoms with Crippen molar-refractivity contribution < 1.29 is 4.74 Å². The second kappa shape index (κ2) is 5.89. The molecule has 2 nitrogen and oxygen atoms in total. The smallest absolute Gasteiger partial charge is 0.119 e. The van der Waals surface area contributed by atoms with Crippen molar-refractivity contribution in [3.8, 4) is 5.75 Å². The van der Waals surface area contributed by atoms with Gasteiger partial charge in [-0.2, -0.15) is 0 Å². The van der Waals surface area contributed by atoms with Gasteiger partial charge < -0.3 is 10.5 Å². The third-order valence-corrected chi connectivity index (χ3v) is 3.58. The largest absolute Gasteiger partial charge is 0.497 e. The quantitative estimate of drug-likeness (QED) is 0.905. The Morgan fingerprint density at radius 3 is 2.47 bits per heavy atom. The fourth-order valence-corrected chi connectivity index (χ4v) is 2.45. The number of aryl methyl sites for hydroxylation is 2. The number of methoxy groups -OCH3 is 1. The zero-order valence-electron chi connectivity index (χ0n) is 11.8. The van der Waals surface area contributed by atoms with Gasteiger partial charge in [-0.05, 0) is 47.7 Å². The standard InChI is InChI=1S/C17H21NO/c1-4-13-7-5-6-8-16(13)17(18)15-10-9-14(19-3)11-12(15)2/h5-11,17H,4,18H2,1-3H3. The lowest BCUT2D eigenvalue weighted by Gasteiger charge is -2.18. The fourth-order valence-electron chi connectivity index (χ4n) is 2.45. The van der Waals surface area contributed by atoms with E-state index in [2.05, 4.69) is 38.1 Å². The van der Waals surface area contributed by atoms with Gasteiger partial charge in [0.05, 0.1) is 13.2 Å². The van der Waals surface area contributed by atoms with Gasteiger partial charge in [-0.3, -0.25) is 0 Å². The molecule has 2 aromatic carbocycles. The Labute approximate surface area is 115 Å². The average Bonchev–Trinajstić information content (AvgIpc) is 2.46. The molecule has 0 bridgehead atoms. The van der Waals surface area contributed by atoms with Crippen molar-refractivity contribution in [3.05, 3.63) is 64.7 Å². The van der Waals surface area contributed by atoms with Crippen molar-refractivity contribution >= 4 is 0 Å². The Hall–Kier alpha value is -1.80. The lowest BCUT2D eigenvalue weighted by atomic mass is 9.91. The molecule has 0 radical (unpaired) electrons. The highest BCUT2D eigenvalue weighted by Gasteiger charge is 2.14. The zero-order valence-corrected chi connectivity index (χ0v) is 11.8. The molecule has 0 heterocycles. The molecule has 0 saturated carbocycles. The van der Waals surface area contributed by atoms with Crippen LogP contribution in [0, 0.1) is 6.92 Å². The van der Waals surface area contributed by atoms with Crippen LogP contribution in [0.1, 0.15) is 35.2 Å². The average molecular weight is 255 g/mol. The van der Waals surface area contributed by atoms with Crippen LogP contribution < -0.4 is 10.5 Å². The first-order chi connectivity index (χ1) is 9.17. The van der Waals surface area contributed by atoms with E-state index in [0.29, 0.717) is 0 Å². The predicted molar refractivity (Wildman–Crippen MR) is 79.6 cm³/mol. The maximum atomic E-state index is 6.44. The van der Waals surface area contributed by atoms with Crippen LogP contribution in [0.4, 0.5) is 0 Å². The molecule has 0 aliphatic rings. The van der Waals surface area contributed by atoms with E-state index >= 15 is 0 Å². The van der Waals surface area contributed by atoms with E-state index < -0.39 is 0 Å². The van der Waals surface area contributed by atoms with Gasteiger partial charge in [-0.15, -0.1) is 0 Å². The molecule has 2 heteroatoms. The van der Waals surface area contributed by atoms with Crippen LogP contribution in [0.3, 0.4) is 0 Å². The van der Waals surface area contributed by atoms with Crippen molar-refractivity contribution in [2.75, 3.05) is 7.11 Å². The maximum Gasteiger partial charge on any atom is 0.119 e. The van der Waals surface area contributed by atoms with Crippen LogP contribution in [0.5, 0.6) is 5.75 Å². The molecule has 0 spiro atoms. The molecular formula is C17H21NO. The minimum absolute atomic E-state index is 0.0814. The number of hydrogen-bond donors (Lipinski definition) is 1. The molecule has 0 aliphatic heterocycles. The van der Waals surface area contributed by atoms with Crippen LogP contribution in [0.2, 0.25) is 0 Å². The molecule has 0 aromatic heterocycles. The maximum absolute atomic E-state index is 6.44. The van der Waals surface area contributed by atoms with Gasteiger partial charge in [0.25, 0.3) is 0 Å². The highest BCUT2D eigenvalue weighted by Crippen LogP contribution is 2.27. The topological polar surface area (TPSA) is 35.2 Å². The molecule has 0 saturated heterocycles. The summed E-state index contributed by atoms with van der Waals surface area (Å²) in [6.07, 6.45) is 0.999. The monoisotopic (exact) mass is 255 g/mol. The Balaban J connectivity index is 2.41. The van der Waals surface area contributed by atoms with Crippen LogP contribution in [0.15, 0.2) is 42.5 Å². The second-order valence-corrected chi connectivity index (χ2v) is 4.75. The van der Waals surface area contributed by atoms with Crippen LogP contribution in [0.25, 0.3) is 0 Å². The molecule has 0 amide bonds. The van der Waals surface area contributed by atoms with E-state index in [4.69, 9.17) is 10.5 Å². The van der Waals surface area contributed by atoms with Crippen molar-refractivity contribution in [2.45, 2.75) is 26.3 Å². The minimum atomic E-state index is -0.0814. The van der Waals surface area contributed by atoms with Crippen molar-refractivity contribution in [1.29, 1.82) is 0 Å². The summed E-state index contributed by atoms with van der Waals surface area (Å²) in [7, 11) is 1.68. The van der Waals surface area contributed by atoms with E-state index in [9.17, 15) is 0 Å². The van der Waals surface area contributed by atoms with Crippen molar-refractivity contribution in [3.63, 3.8) is 0 Å². The summed E-state index contributed by atoms with van der Waals surface area (Å²) in [5.74, 6) is 0.872. The van der Waals surface area contributed by atoms with Crippen molar-refractivity contribution in [2.24, 2.45) is 5.73 Å². The molecule has 1 atom stereocenters. The first kappa shape index (κ1) is 13.6. The molecule has 0 aliphatic carbocycles. The summed E-state index contributed by atoms with van der Waals surface area (Å²) in [5.41, 5.74) is 11.3. The number of rotatable bonds is 4. The van der Waals surface area contributed by atoms with E-state index in [1.807, 2.05) is 18.2 Å². The first-order valence-electron chi connectivity index (χ1n) is 6.65. The van der Waals surface area contributed by atoms with Gasteiger partial charge in [0, 0.05) is 0 Å². The SMILES string of the molecule is CCc1ccccc1C(N)c1ccc(OC)cc1C. The Morgan fingerprint density at radius 2 is 1.84 bits per heavy atom. The third kappa shape index (κ3) is 2.79. The highest BCUT2D eigenvalue weighted by atomic mass is 16.5. The van der Waals surface area contributed by atoms with Gasteiger partial charge in [0.15, 0.2) is 0 Å². The summed E-state index contributed by atoms with van der Waals surface area (Å²) in [6.45, 7) is 4.23. The normalized spacial score (nSPS) is 12.2. The first-order valence-corrected chi connectivity index (χ1v) is 6.65. The Bertz CT molecular complexity index is 563. The van der Waals surface area contributed by atoms with Gasteiger partial charge in [-0.25, -0.2) is 0 Å². The van der Waals surface area contributed by atoms with Gasteiger partial charge in [-0.1, -0.05) is 37.3 Å². The molecule has 19 heavy (non-hydrogen) atoms. The predicted octanol–water partition coefficient (Wildman–Crippen LogP) is 3.61. The Morgan fingerprint density at radius 1 is 1.11 bits per heavy atom. The molecule has 1 unspecified atom stereocenters. The number of hydrogen-bond acceptors (Lipinski definition) is 2. The molecule has 100 valence electrons. The second-order valence-electron chi connectivity index (χ2n) is 4.75. The third-order valence-electron chi connectivity index (χ3n) is 3.58. The van der Waals surface area contributed by atoms with Crippen molar-refractivity contribution in [1.82, 2.24) is 0 Å². The van der Waals surface area contributed by atoms with Gasteiger partial charge >= 0.3 is 0 Å². The summed E-state index contributed by atoms with van der Waals surface area (Å²) in [5, 5.41) is 0. The summed E-state index contributed by atoms with van der Waals surface area (Å²) >= 11 is 0. The van der Waals surface area contributed by atoms with Crippen LogP contribution >= 0.6 is 0 Å². The summed E-state index contributed by atoms with van der Waals surface area (Å²) in [4.78, 5) is 0. The summed E-state index contributed by atoms with van der Waals surface area (Å²) < 4.78 is 5.24. The van der Waals surface area contributed by atoms with Crippen LogP contribution in [-0.2, 0) is 6.42 Å². The Kier molecular flexibility index (Phi) is 4.23. The molecule has 0 fully saturated rings. The molecule has 2 N–H and O–H groups in total. The lowest BCUT2D eigenvalue weighted by molar-refractivity contribution is 0.414. The molecular weight excluding hydrogens is 234 g/mol. The van der Waals surface area contributed by atoms with Gasteiger partial charge in [0.2, 0.25) is 0 Å². The highest BCUT2D eigenvalue weighted by molar-refractivity contribution is 5.43. The van der Waals surface area contributed by atoms with E-state index in [1.54, 1.807) is 7.11 Å². The van der Waals surface area contributed by atoms with E-state index in [1.165, 1.54) is 11.1 Å². The fraction of sp³-hybridized carbons (Fsp3) is 0.294. The van der Waals surface area contributed by atoms with Crippen LogP contribution in [-0.4, -0.2) is 7.11 Å². The van der Waals surface area contributed by atoms with E-state index in [-0.39, 0.29) is 6.04 Å². The van der Waals surface area contributed by atoms with E-state index in [0.717, 1.165) is 23.3 Å². The molecule has 2 rings (SSSR count). The number of nitrogens with two attached hydrogens (primary N) is 1. The molecule has 2 aromatic rings. The zero-order chi connectivity index (χ0) is 13.8. The summed E-state index contributed by atoms with van der Waals surface area (Å²) in [6, 6.07) is 14.4.